The molecule has 3 saturated heterocycles. The Kier molecular flexibility index (Phi) is 28.4. The zero-order valence-electron chi connectivity index (χ0n) is 63.2. The van der Waals surface area contributed by atoms with Gasteiger partial charge < -0.3 is 63.3 Å². The van der Waals surface area contributed by atoms with Crippen LogP contribution in [-0.2, 0) is 30.7 Å². The summed E-state index contributed by atoms with van der Waals surface area (Å²) in [6, 6.07) is 35.9. The minimum atomic E-state index is 0. The number of benzene rings is 6. The first-order valence-corrected chi connectivity index (χ1v) is 36.5. The molecule has 15 rings (SSSR count). The largest absolute Gasteiger partial charge is 0.497 e. The van der Waals surface area contributed by atoms with E-state index in [1.54, 1.807) is 93.9 Å². The zero-order valence-corrected chi connectivity index (χ0v) is 63.2. The lowest BCUT2D eigenvalue weighted by molar-refractivity contribution is -0.127. The van der Waals surface area contributed by atoms with E-state index in [2.05, 4.69) is 72.2 Å². The van der Waals surface area contributed by atoms with Gasteiger partial charge in [-0.1, -0.05) is 22.3 Å². The summed E-state index contributed by atoms with van der Waals surface area (Å²) in [4.78, 5) is 65.9. The predicted molar refractivity (Wildman–Crippen MR) is 441 cm³/mol. The summed E-state index contributed by atoms with van der Waals surface area (Å²) in [5.41, 5.74) is 15.7. The van der Waals surface area contributed by atoms with E-state index in [1.807, 2.05) is 142 Å². The number of fused-ring (bicyclic) bond motifs is 3. The molecule has 0 radical (unpaired) electrons. The topological polar surface area (TPSA) is 272 Å². The van der Waals surface area contributed by atoms with Gasteiger partial charge in [-0.25, -0.2) is 15.0 Å². The number of piperazine rings is 1. The lowest BCUT2D eigenvalue weighted by Gasteiger charge is -2.34. The second kappa shape index (κ2) is 38.6. The molecule has 0 spiro atoms. The van der Waals surface area contributed by atoms with Crippen LogP contribution in [0.3, 0.4) is 0 Å². The second-order valence-corrected chi connectivity index (χ2v) is 27.1. The predicted octanol–water partition coefficient (Wildman–Crippen LogP) is 12.6. The molecular formula is C84H105N19O9. The third kappa shape index (κ3) is 20.3. The number of hydrogen-bond donors (Lipinski definition) is 2. The lowest BCUT2D eigenvalue weighted by Crippen LogP contribution is -2.49. The van der Waals surface area contributed by atoms with E-state index in [0.717, 1.165) is 177 Å². The summed E-state index contributed by atoms with van der Waals surface area (Å²) in [5.74, 6) is 5.17. The monoisotopic (exact) mass is 1520 g/mol. The average molecular weight is 1520 g/mol. The standard InChI is InChI=1S/C29H36N6O3.C26H29N7O3.C26H28N6O3.3CH4/c1-33-20-22(18-31-33)29-19-30-27-5-4-23(16-28(27)32-29)35(24-14-25(37-2)17-26(15-24)38-3)12-11-34-9-6-21(7-10-34)8-13-36;1-31-16-18(14-29-31)25-15-28-23-5-4-19(12-24(23)30-25)33(9-8-32-7-6-27-26(34)17-32)20-10-21(35-2)13-22(11-20)36-3;1-30-17-18(15-28-30)25-16-27-23-7-6-19(13-24(23)29-25)32(10-9-31-8-4-5-26(31)33)20-11-21(34-2)14-22(12-20)35-3;;;/h4-5,14-21,36H,6-13H2,1-3H3;4-5,10-16H,6-9,17H2,1-3H3,(H,27,34);6-7,11-17H,4-5,8-10H2,1-3H3;3*1H4. The number of ether oxygens (including phenoxy) is 6. The molecule has 2 amide bonds. The van der Waals surface area contributed by atoms with E-state index in [1.165, 1.54) is 0 Å². The summed E-state index contributed by atoms with van der Waals surface area (Å²) in [5, 5.41) is 25.0. The molecular weight excluding hydrogens is 1420 g/mol. The van der Waals surface area contributed by atoms with Crippen LogP contribution >= 0.6 is 0 Å². The highest BCUT2D eigenvalue weighted by Gasteiger charge is 2.26. The van der Waals surface area contributed by atoms with Crippen molar-refractivity contribution in [3.05, 3.63) is 165 Å². The van der Waals surface area contributed by atoms with Gasteiger partial charge in [0, 0.05) is 217 Å². The van der Waals surface area contributed by atoms with Crippen LogP contribution in [0.15, 0.2) is 165 Å². The van der Waals surface area contributed by atoms with Gasteiger partial charge >= 0.3 is 0 Å². The number of nitrogens with one attached hydrogen (secondary N) is 1. The van der Waals surface area contributed by atoms with E-state index in [-0.39, 0.29) is 40.7 Å². The number of amides is 2. The SMILES string of the molecule is C.C.C.COc1cc(OC)cc(N(CCN2CCC(CCO)CC2)c2ccc3ncc(-c4cnn(C)c4)nc3c2)c1.COc1cc(OC)cc(N(CCN2CCCC2=O)c2ccc3ncc(-c4cnn(C)c4)nc3c2)c1.COc1cc(OC)cc(N(CCN2CCNC(=O)C2)c2ccc3ncc(-c4cnn(C)c4)nc3c2)c1. The number of nitrogens with zero attached hydrogens (tertiary/aromatic N) is 18. The molecule has 0 unspecified atom stereocenters. The molecule has 28 heteroatoms. The third-order valence-corrected chi connectivity index (χ3v) is 19.9. The van der Waals surface area contributed by atoms with Crippen molar-refractivity contribution in [2.24, 2.45) is 27.1 Å². The van der Waals surface area contributed by atoms with Crippen LogP contribution in [0.1, 0.15) is 54.4 Å². The molecule has 3 aliphatic rings. The second-order valence-electron chi connectivity index (χ2n) is 27.1. The quantitative estimate of drug-likeness (QED) is 0.0510. The van der Waals surface area contributed by atoms with Crippen LogP contribution in [0.25, 0.3) is 66.9 Å². The van der Waals surface area contributed by atoms with Crippen molar-refractivity contribution >= 4 is 79.0 Å². The molecule has 9 heterocycles. The molecule has 0 aliphatic carbocycles. The number of piperidine rings is 1. The van der Waals surface area contributed by atoms with Gasteiger partial charge in [-0.05, 0) is 99.3 Å². The third-order valence-electron chi connectivity index (χ3n) is 19.9. The number of methoxy groups -OCH3 is 6. The highest BCUT2D eigenvalue weighted by Crippen LogP contribution is 2.39. The molecule has 590 valence electrons. The highest BCUT2D eigenvalue weighted by molar-refractivity contribution is 5.86. The van der Waals surface area contributed by atoms with E-state index in [0.29, 0.717) is 74.6 Å². The van der Waals surface area contributed by atoms with Crippen LogP contribution in [0.4, 0.5) is 34.1 Å². The Morgan fingerprint density at radius 1 is 0.438 bits per heavy atom. The summed E-state index contributed by atoms with van der Waals surface area (Å²) in [6.07, 6.45) is 21.2. The van der Waals surface area contributed by atoms with Gasteiger partial charge in [0.1, 0.15) is 34.5 Å². The molecule has 112 heavy (non-hydrogen) atoms. The maximum Gasteiger partial charge on any atom is 0.234 e. The van der Waals surface area contributed by atoms with Crippen LogP contribution in [-0.4, -0.2) is 219 Å². The zero-order chi connectivity index (χ0) is 75.9. The van der Waals surface area contributed by atoms with Gasteiger partial charge in [0.2, 0.25) is 11.8 Å². The van der Waals surface area contributed by atoms with Gasteiger partial charge in [0.05, 0.1) is 137 Å². The first-order valence-electron chi connectivity index (χ1n) is 36.5. The summed E-state index contributed by atoms with van der Waals surface area (Å²) in [6.45, 7) is 9.38. The van der Waals surface area contributed by atoms with Crippen molar-refractivity contribution in [1.82, 2.24) is 79.3 Å². The van der Waals surface area contributed by atoms with E-state index >= 15 is 0 Å². The van der Waals surface area contributed by atoms with Gasteiger partial charge in [0.15, 0.2) is 0 Å². The number of aliphatic hydroxyl groups is 1. The Labute approximate surface area is 655 Å². The Balaban J connectivity index is 0.000000176. The minimum absolute atomic E-state index is 0. The first-order chi connectivity index (χ1) is 53.1. The van der Waals surface area contributed by atoms with Crippen LogP contribution in [0.5, 0.6) is 34.5 Å². The Morgan fingerprint density at radius 3 is 1.12 bits per heavy atom. The van der Waals surface area contributed by atoms with E-state index in [9.17, 15) is 14.7 Å². The molecule has 0 saturated carbocycles. The molecule has 6 aromatic heterocycles. The maximum absolute atomic E-state index is 12.3. The number of aryl methyl sites for hydroxylation is 3. The average Bonchev–Trinajstić information content (AvgIpc) is 0.973. The van der Waals surface area contributed by atoms with E-state index in [4.69, 9.17) is 43.4 Å². The molecule has 3 aliphatic heterocycles. The Morgan fingerprint density at radius 2 is 0.804 bits per heavy atom. The van der Waals surface area contributed by atoms with Gasteiger partial charge in [-0.2, -0.15) is 15.3 Å². The number of hydrogen-bond acceptors (Lipinski definition) is 23. The fourth-order valence-electron chi connectivity index (χ4n) is 13.9. The minimum Gasteiger partial charge on any atom is -0.497 e. The van der Waals surface area contributed by atoms with Crippen molar-refractivity contribution in [3.63, 3.8) is 0 Å². The van der Waals surface area contributed by atoms with Crippen molar-refractivity contribution in [2.75, 3.05) is 143 Å². The van der Waals surface area contributed by atoms with Crippen molar-refractivity contribution in [2.45, 2.75) is 54.4 Å². The number of likely N-dealkylation sites (tertiary alicyclic amines) is 2. The number of rotatable bonds is 26. The summed E-state index contributed by atoms with van der Waals surface area (Å²) in [7, 11) is 15.5. The lowest BCUT2D eigenvalue weighted by atomic mass is 9.94. The Hall–Kier alpha value is -12.0. The number of aromatic nitrogens is 12. The first kappa shape index (κ1) is 82.5. The van der Waals surface area contributed by atoms with Crippen molar-refractivity contribution < 1.29 is 43.1 Å². The molecule has 2 N–H and O–H groups in total. The van der Waals surface area contributed by atoms with Gasteiger partial charge in [-0.3, -0.25) is 43.5 Å². The molecule has 28 nitrogen and oxygen atoms in total. The van der Waals surface area contributed by atoms with Gasteiger partial charge in [0.25, 0.3) is 0 Å². The number of aliphatic hydroxyl groups excluding tert-OH is 1. The fraction of sp³-hybridized carbons (Fsp3) is 0.369. The van der Waals surface area contributed by atoms with Crippen molar-refractivity contribution in [1.29, 1.82) is 0 Å². The van der Waals surface area contributed by atoms with Crippen LogP contribution in [0, 0.1) is 5.92 Å². The number of anilines is 6. The molecule has 6 aromatic carbocycles. The highest BCUT2D eigenvalue weighted by atomic mass is 16.5. The molecule has 0 bridgehead atoms. The smallest absolute Gasteiger partial charge is 0.234 e. The maximum atomic E-state index is 12.3. The molecule has 3 fully saturated rings. The number of carbonyl (C=O) groups excluding carboxylic acids is 2. The fourth-order valence-corrected chi connectivity index (χ4v) is 13.9. The Bertz CT molecular complexity index is 5050. The summed E-state index contributed by atoms with van der Waals surface area (Å²) < 4.78 is 38.5. The van der Waals surface area contributed by atoms with Crippen LogP contribution in [0.2, 0.25) is 0 Å². The van der Waals surface area contributed by atoms with E-state index < -0.39 is 0 Å². The van der Waals surface area contributed by atoms with Crippen molar-refractivity contribution in [3.8, 4) is 68.3 Å². The number of carbonyl (C=O) groups is 2. The molecule has 12 aromatic rings. The molecule has 0 atom stereocenters. The van der Waals surface area contributed by atoms with Gasteiger partial charge in [-0.15, -0.1) is 0 Å². The normalized spacial score (nSPS) is 13.7. The van der Waals surface area contributed by atoms with Crippen LogP contribution < -0.4 is 48.4 Å². The summed E-state index contributed by atoms with van der Waals surface area (Å²) >= 11 is 0.